The van der Waals surface area contributed by atoms with Crippen molar-refractivity contribution in [1.82, 2.24) is 14.5 Å². The second-order valence-electron chi connectivity index (χ2n) is 15.0. The number of methoxy groups -OCH3 is 2. The summed E-state index contributed by atoms with van der Waals surface area (Å²) in [5.41, 5.74) is 3.33. The summed E-state index contributed by atoms with van der Waals surface area (Å²) >= 11 is 6.46. The van der Waals surface area contributed by atoms with E-state index < -0.39 is 21.7 Å². The minimum absolute atomic E-state index is 0.0312. The van der Waals surface area contributed by atoms with Crippen LogP contribution in [-0.4, -0.2) is 71.6 Å². The van der Waals surface area contributed by atoms with Crippen molar-refractivity contribution >= 4 is 39.0 Å². The van der Waals surface area contributed by atoms with Crippen molar-refractivity contribution < 1.29 is 28.0 Å². The summed E-state index contributed by atoms with van der Waals surface area (Å²) in [6.07, 6.45) is 12.8. The molecule has 1 aliphatic heterocycles. The van der Waals surface area contributed by atoms with E-state index in [9.17, 15) is 13.8 Å². The molecular formula is C41H52ClN5O6S. The first kappa shape index (κ1) is 39.6. The molecular weight excluding hydrogens is 726 g/mol. The van der Waals surface area contributed by atoms with E-state index in [1.165, 1.54) is 29.1 Å². The van der Waals surface area contributed by atoms with Crippen LogP contribution >= 0.6 is 11.6 Å². The van der Waals surface area contributed by atoms with E-state index >= 15 is 0 Å². The second kappa shape index (κ2) is 16.7. The number of rotatable bonds is 13. The van der Waals surface area contributed by atoms with Gasteiger partial charge in [0.2, 0.25) is 5.88 Å². The predicted octanol–water partition coefficient (Wildman–Crippen LogP) is 7.34. The van der Waals surface area contributed by atoms with Crippen molar-refractivity contribution in [2.45, 2.75) is 63.9 Å². The molecule has 2 heterocycles. The summed E-state index contributed by atoms with van der Waals surface area (Å²) < 4.78 is 40.6. The third-order valence-corrected chi connectivity index (χ3v) is 13.4. The standard InChI is InChI=1S/C41H52ClN5O6S/c1-7-9-11-27(3)24-54(50,45-39(49)33-23-46(4)43-40(33)52-6)44-38(48)29-14-18-37-35(21-29)47(22-30-13-16-32(30)36(8-2)51-5)25-41(26-53-37)19-10-12-28-20-31(42)15-17-34(28)41/h7-9,14-15,17-18,20-21,23,27,30,32,36H,2,10-13,16,19,22,24-26H2,1,3-6H3,(H,44,45,48,49,50)/b9-7+/t27-,30-,32+,36-,41-,54-/m0/s1. The van der Waals surface area contributed by atoms with Gasteiger partial charge in [-0.15, -0.1) is 16.0 Å². The number of fused-ring (bicyclic) bond motifs is 3. The highest BCUT2D eigenvalue weighted by Gasteiger charge is 2.44. The first-order valence-electron chi connectivity index (χ1n) is 18.7. The van der Waals surface area contributed by atoms with Gasteiger partial charge in [0.25, 0.3) is 11.8 Å². The molecule has 1 aromatic heterocycles. The molecule has 2 aliphatic carbocycles. The molecule has 1 fully saturated rings. The lowest BCUT2D eigenvalue weighted by Crippen LogP contribution is -2.49. The molecule has 3 aliphatic rings. The van der Waals surface area contributed by atoms with Gasteiger partial charge in [-0.3, -0.25) is 19.0 Å². The maximum atomic E-state index is 14.6. The lowest BCUT2D eigenvalue weighted by Gasteiger charge is -2.46. The monoisotopic (exact) mass is 777 g/mol. The molecule has 6 rings (SSSR count). The maximum absolute atomic E-state index is 14.6. The molecule has 0 unspecified atom stereocenters. The number of aryl methyl sites for hydroxylation is 2. The number of hydrogen-bond acceptors (Lipinski definition) is 8. The zero-order valence-corrected chi connectivity index (χ0v) is 33.5. The van der Waals surface area contributed by atoms with Crippen molar-refractivity contribution in [2.24, 2.45) is 29.2 Å². The molecule has 13 heteroatoms. The van der Waals surface area contributed by atoms with Crippen molar-refractivity contribution in [1.29, 1.82) is 0 Å². The summed E-state index contributed by atoms with van der Waals surface area (Å²) in [4.78, 5) is 30.0. The normalized spacial score (nSPS) is 22.8. The summed E-state index contributed by atoms with van der Waals surface area (Å²) in [7, 11) is 1.19. The van der Waals surface area contributed by atoms with E-state index in [4.69, 9.17) is 25.8 Å². The largest absolute Gasteiger partial charge is 0.490 e. The van der Waals surface area contributed by atoms with E-state index in [2.05, 4.69) is 37.8 Å². The molecule has 1 spiro atoms. The maximum Gasteiger partial charge on any atom is 0.286 e. The topological polar surface area (TPSA) is 124 Å². The summed E-state index contributed by atoms with van der Waals surface area (Å²) in [6, 6.07) is 11.5. The highest BCUT2D eigenvalue weighted by Crippen LogP contribution is 2.47. The lowest BCUT2D eigenvalue weighted by atomic mass is 9.68. The minimum Gasteiger partial charge on any atom is -0.490 e. The number of allylic oxidation sites excluding steroid dienone is 2. The Bertz CT molecular complexity index is 2040. The molecule has 6 atom stereocenters. The van der Waals surface area contributed by atoms with Crippen LogP contribution in [0.25, 0.3) is 0 Å². The van der Waals surface area contributed by atoms with Gasteiger partial charge in [-0.1, -0.05) is 42.8 Å². The average molecular weight is 778 g/mol. The minimum atomic E-state index is -3.60. The lowest BCUT2D eigenvalue weighted by molar-refractivity contribution is 0.0135. The quantitative estimate of drug-likeness (QED) is 0.179. The van der Waals surface area contributed by atoms with Gasteiger partial charge in [0.15, 0.2) is 0 Å². The molecule has 2 aromatic carbocycles. The van der Waals surface area contributed by atoms with Crippen molar-refractivity contribution in [3.63, 3.8) is 0 Å². The molecule has 0 bridgehead atoms. The summed E-state index contributed by atoms with van der Waals surface area (Å²) in [6.45, 7) is 9.74. The Morgan fingerprint density at radius 1 is 1.24 bits per heavy atom. The predicted molar refractivity (Wildman–Crippen MR) is 213 cm³/mol. The van der Waals surface area contributed by atoms with Crippen molar-refractivity contribution in [3.8, 4) is 11.6 Å². The molecule has 54 heavy (non-hydrogen) atoms. The number of carbonyl (C=O) groups excluding carboxylic acids is 2. The fraction of sp³-hybridized carbons (Fsp3) is 0.488. The number of amides is 2. The fourth-order valence-electron chi connectivity index (χ4n) is 8.31. The van der Waals surface area contributed by atoms with Crippen LogP contribution in [0.15, 0.2) is 71.8 Å². The van der Waals surface area contributed by atoms with E-state index in [0.717, 1.165) is 49.4 Å². The van der Waals surface area contributed by atoms with Gasteiger partial charge in [0.05, 0.1) is 31.3 Å². The van der Waals surface area contributed by atoms with E-state index in [0.29, 0.717) is 37.2 Å². The molecule has 3 aromatic rings. The summed E-state index contributed by atoms with van der Waals surface area (Å²) in [5, 5.41) is 4.87. The Labute approximate surface area is 324 Å². The highest BCUT2D eigenvalue weighted by atomic mass is 35.5. The Morgan fingerprint density at radius 3 is 2.76 bits per heavy atom. The average Bonchev–Trinajstić information content (AvgIpc) is 3.46. The van der Waals surface area contributed by atoms with E-state index in [1.807, 2.05) is 44.2 Å². The second-order valence-corrected chi connectivity index (χ2v) is 17.4. The van der Waals surface area contributed by atoms with Gasteiger partial charge in [0.1, 0.15) is 21.2 Å². The molecule has 11 nitrogen and oxygen atoms in total. The zero-order valence-electron chi connectivity index (χ0n) is 31.9. The number of anilines is 1. The Kier molecular flexibility index (Phi) is 12.2. The number of benzene rings is 2. The molecule has 1 saturated carbocycles. The fourth-order valence-corrected chi connectivity index (χ4v) is 10.4. The third kappa shape index (κ3) is 8.40. The van der Waals surface area contributed by atoms with Gasteiger partial charge >= 0.3 is 0 Å². The smallest absolute Gasteiger partial charge is 0.286 e. The van der Waals surface area contributed by atoms with Crippen LogP contribution in [0.3, 0.4) is 0 Å². The Hall–Kier alpha value is -4.13. The van der Waals surface area contributed by atoms with Gasteiger partial charge in [-0.05, 0) is 105 Å². The number of nitrogens with one attached hydrogen (secondary N) is 1. The number of hydrogen-bond donors (Lipinski definition) is 1. The first-order chi connectivity index (χ1) is 25.9. The molecule has 2 amide bonds. The zero-order chi connectivity index (χ0) is 38.6. The van der Waals surface area contributed by atoms with Gasteiger partial charge in [0, 0.05) is 49.4 Å². The number of halogens is 1. The number of nitrogens with zero attached hydrogens (tertiary/aromatic N) is 4. The van der Waals surface area contributed by atoms with Gasteiger partial charge < -0.3 is 19.1 Å². The summed E-state index contributed by atoms with van der Waals surface area (Å²) in [5.74, 6) is -0.149. The van der Waals surface area contributed by atoms with Crippen molar-refractivity contribution in [2.75, 3.05) is 44.6 Å². The SMILES string of the molecule is C=C[C@H](OC)[C@@H]1CC[C@H]1CN1C[C@@]2(CCCc3cc(Cl)ccc32)COc2ccc(C(=O)N=[S@@](=O)(C[C@@H](C)C/C=C/C)NC(=O)c3cn(C)nc3OC)cc21. The van der Waals surface area contributed by atoms with Crippen molar-refractivity contribution in [3.05, 3.63) is 94.7 Å². The number of ether oxygens (including phenoxy) is 3. The van der Waals surface area contributed by atoms with E-state index in [1.54, 1.807) is 26.3 Å². The van der Waals surface area contributed by atoms with Gasteiger partial charge in [-0.2, -0.15) is 0 Å². The van der Waals surface area contributed by atoms with Crippen LogP contribution in [0.1, 0.15) is 77.8 Å². The molecule has 290 valence electrons. The van der Waals surface area contributed by atoms with Crippen LogP contribution in [0.4, 0.5) is 5.69 Å². The highest BCUT2D eigenvalue weighted by molar-refractivity contribution is 7.92. The van der Waals surface area contributed by atoms with Crippen LogP contribution in [0, 0.1) is 17.8 Å². The molecule has 1 N–H and O–H groups in total. The Balaban J connectivity index is 1.37. The van der Waals surface area contributed by atoms with Crippen LogP contribution in [-0.2, 0) is 33.5 Å². The Morgan fingerprint density at radius 2 is 2.06 bits per heavy atom. The molecule has 0 saturated heterocycles. The molecule has 0 radical (unpaired) electrons. The van der Waals surface area contributed by atoms with Gasteiger partial charge in [-0.25, -0.2) is 4.21 Å². The first-order valence-corrected chi connectivity index (χ1v) is 20.7. The van der Waals surface area contributed by atoms with E-state index in [-0.39, 0.29) is 40.2 Å². The van der Waals surface area contributed by atoms with Crippen LogP contribution < -0.4 is 19.1 Å². The van der Waals surface area contributed by atoms with Crippen LogP contribution in [0.5, 0.6) is 11.6 Å². The number of aromatic nitrogens is 2. The van der Waals surface area contributed by atoms with Crippen LogP contribution in [0.2, 0.25) is 5.02 Å². The number of carbonyl (C=O) groups is 2. The third-order valence-electron chi connectivity index (χ3n) is 11.1.